The van der Waals surface area contributed by atoms with Crippen LogP contribution in [0.3, 0.4) is 0 Å². The number of nitro groups is 1. The Morgan fingerprint density at radius 2 is 2.00 bits per heavy atom. The average molecular weight is 314 g/mol. The number of nitro benzene ring substituents is 1. The summed E-state index contributed by atoms with van der Waals surface area (Å²) in [6.45, 7) is 1.28. The second-order valence-corrected chi connectivity index (χ2v) is 6.43. The second kappa shape index (κ2) is 5.79. The summed E-state index contributed by atoms with van der Waals surface area (Å²) in [6, 6.07) is 2.26. The molecule has 1 rings (SSSR count). The van der Waals surface area contributed by atoms with E-state index in [1.165, 1.54) is 6.92 Å². The van der Waals surface area contributed by atoms with Crippen LogP contribution in [0, 0.1) is 10.1 Å². The fourth-order valence-electron chi connectivity index (χ4n) is 1.38. The zero-order chi connectivity index (χ0) is 14.8. The molecule has 0 aliphatic carbocycles. The molecule has 0 radical (unpaired) electrons. The summed E-state index contributed by atoms with van der Waals surface area (Å²) in [5, 5.41) is 9.45. The molecule has 0 saturated carbocycles. The lowest BCUT2D eigenvalue weighted by Crippen LogP contribution is -2.21. The maximum atomic E-state index is 12.8. The molecule has 0 N–H and O–H groups in total. The van der Waals surface area contributed by atoms with Gasteiger partial charge in [-0.3, -0.25) is 10.1 Å². The summed E-state index contributed by atoms with van der Waals surface area (Å²) in [5.41, 5.74) is -1.47. The minimum atomic E-state index is -4.04. The number of non-ortho nitro benzene ring substituents is 1. The molecule has 106 valence electrons. The third-order valence-electron chi connectivity index (χ3n) is 2.49. The van der Waals surface area contributed by atoms with E-state index in [4.69, 9.17) is 11.6 Å². The first-order valence-corrected chi connectivity index (χ1v) is 7.16. The van der Waals surface area contributed by atoms with Gasteiger partial charge in [0.2, 0.25) is 0 Å². The van der Waals surface area contributed by atoms with Crippen LogP contribution in [0.4, 0.5) is 14.5 Å². The maximum absolute atomic E-state index is 12.8. The molecule has 1 atom stereocenters. The van der Waals surface area contributed by atoms with Crippen LogP contribution in [0.1, 0.15) is 18.9 Å². The average Bonchev–Trinajstić information content (AvgIpc) is 2.36. The van der Waals surface area contributed by atoms with Gasteiger partial charge in [0.25, 0.3) is 12.1 Å². The molecule has 1 aromatic rings. The minimum Gasteiger partial charge on any atom is -0.258 e. The van der Waals surface area contributed by atoms with Gasteiger partial charge in [-0.05, 0) is 13.0 Å². The highest BCUT2D eigenvalue weighted by molar-refractivity contribution is 7.92. The predicted octanol–water partition coefficient (Wildman–Crippen LogP) is 2.93. The van der Waals surface area contributed by atoms with Crippen molar-refractivity contribution >= 4 is 27.1 Å². The van der Waals surface area contributed by atoms with E-state index in [9.17, 15) is 27.3 Å². The topological polar surface area (TPSA) is 77.3 Å². The van der Waals surface area contributed by atoms with Crippen molar-refractivity contribution in [2.75, 3.05) is 5.88 Å². The van der Waals surface area contributed by atoms with Crippen LogP contribution in [0.25, 0.3) is 0 Å². The van der Waals surface area contributed by atoms with Crippen LogP contribution >= 0.6 is 11.6 Å². The monoisotopic (exact) mass is 313 g/mol. The highest BCUT2D eigenvalue weighted by Gasteiger charge is 2.29. The van der Waals surface area contributed by atoms with Crippen molar-refractivity contribution in [3.63, 3.8) is 0 Å². The number of hydrogen-bond acceptors (Lipinski definition) is 4. The van der Waals surface area contributed by atoms with Crippen LogP contribution in [0.2, 0.25) is 0 Å². The molecule has 5 nitrogen and oxygen atoms in total. The Morgan fingerprint density at radius 3 is 2.42 bits per heavy atom. The van der Waals surface area contributed by atoms with Gasteiger partial charge >= 0.3 is 0 Å². The fraction of sp³-hybridized carbons (Fsp3) is 0.400. The predicted molar refractivity (Wildman–Crippen MR) is 65.4 cm³/mol. The highest BCUT2D eigenvalue weighted by atomic mass is 35.5. The standard InChI is InChI=1S/C10H10ClF2NO4S/c1-6(5-11)19(17,18)9-3-2-7(14(15)16)4-8(9)10(12)13/h2-4,6,10H,5H2,1H3. The Balaban J connectivity index is 3.49. The number of hydrogen-bond donors (Lipinski definition) is 0. The molecule has 0 aliphatic rings. The normalized spacial score (nSPS) is 13.5. The molecule has 9 heteroatoms. The van der Waals surface area contributed by atoms with Crippen LogP contribution < -0.4 is 0 Å². The molecule has 1 aromatic carbocycles. The van der Waals surface area contributed by atoms with Crippen LogP contribution in [-0.2, 0) is 9.84 Å². The van der Waals surface area contributed by atoms with Crippen LogP contribution in [0.5, 0.6) is 0 Å². The molecule has 0 fully saturated rings. The molecule has 0 spiro atoms. The molecule has 0 heterocycles. The molecule has 0 aliphatic heterocycles. The van der Waals surface area contributed by atoms with E-state index in [0.717, 1.165) is 12.1 Å². The molecular weight excluding hydrogens is 304 g/mol. The number of benzene rings is 1. The summed E-state index contributed by atoms with van der Waals surface area (Å²) >= 11 is 5.43. The number of alkyl halides is 3. The lowest BCUT2D eigenvalue weighted by atomic mass is 10.2. The first-order chi connectivity index (χ1) is 8.71. The Bertz CT molecular complexity index is 591. The minimum absolute atomic E-state index is 0.262. The Kier molecular flexibility index (Phi) is 4.81. The van der Waals surface area contributed by atoms with E-state index >= 15 is 0 Å². The van der Waals surface area contributed by atoms with Crippen molar-refractivity contribution in [1.82, 2.24) is 0 Å². The molecule has 0 saturated heterocycles. The van der Waals surface area contributed by atoms with Gasteiger partial charge in [0.15, 0.2) is 9.84 Å². The largest absolute Gasteiger partial charge is 0.269 e. The van der Waals surface area contributed by atoms with E-state index in [1.807, 2.05) is 0 Å². The second-order valence-electron chi connectivity index (χ2n) is 3.79. The Morgan fingerprint density at radius 1 is 1.42 bits per heavy atom. The molecule has 0 aromatic heterocycles. The van der Waals surface area contributed by atoms with E-state index < -0.39 is 42.6 Å². The number of rotatable bonds is 5. The first kappa shape index (κ1) is 15.8. The lowest BCUT2D eigenvalue weighted by Gasteiger charge is -2.13. The molecule has 0 bridgehead atoms. The number of halogens is 3. The summed E-state index contributed by atoms with van der Waals surface area (Å²) in [7, 11) is -4.04. The third kappa shape index (κ3) is 3.19. The van der Waals surface area contributed by atoms with Crippen molar-refractivity contribution in [1.29, 1.82) is 0 Å². The van der Waals surface area contributed by atoms with Crippen LogP contribution in [0.15, 0.2) is 23.1 Å². The van der Waals surface area contributed by atoms with Gasteiger partial charge in [0, 0.05) is 23.6 Å². The zero-order valence-corrected chi connectivity index (χ0v) is 11.3. The van der Waals surface area contributed by atoms with Crippen molar-refractivity contribution in [3.05, 3.63) is 33.9 Å². The van der Waals surface area contributed by atoms with Crippen LogP contribution in [-0.4, -0.2) is 24.5 Å². The first-order valence-electron chi connectivity index (χ1n) is 5.08. The van der Waals surface area contributed by atoms with Gasteiger partial charge in [0.1, 0.15) is 0 Å². The van der Waals surface area contributed by atoms with Gasteiger partial charge in [-0.15, -0.1) is 11.6 Å². The van der Waals surface area contributed by atoms with Crippen molar-refractivity contribution in [2.24, 2.45) is 0 Å². The van der Waals surface area contributed by atoms with Gasteiger partial charge in [-0.1, -0.05) is 0 Å². The Labute approximate surface area is 113 Å². The van der Waals surface area contributed by atoms with Gasteiger partial charge in [-0.2, -0.15) is 0 Å². The summed E-state index contributed by atoms with van der Waals surface area (Å²) in [4.78, 5) is 9.03. The summed E-state index contributed by atoms with van der Waals surface area (Å²) in [5.74, 6) is -0.262. The third-order valence-corrected chi connectivity index (χ3v) is 5.35. The maximum Gasteiger partial charge on any atom is 0.269 e. The van der Waals surface area contributed by atoms with E-state index in [-0.39, 0.29) is 5.88 Å². The van der Waals surface area contributed by atoms with E-state index in [0.29, 0.717) is 6.07 Å². The van der Waals surface area contributed by atoms with E-state index in [2.05, 4.69) is 0 Å². The highest BCUT2D eigenvalue weighted by Crippen LogP contribution is 2.32. The summed E-state index contributed by atoms with van der Waals surface area (Å²) in [6.07, 6.45) is -3.13. The number of nitrogens with zero attached hydrogens (tertiary/aromatic N) is 1. The smallest absolute Gasteiger partial charge is 0.258 e. The number of sulfone groups is 1. The fourth-order valence-corrected chi connectivity index (χ4v) is 3.21. The summed E-state index contributed by atoms with van der Waals surface area (Å²) < 4.78 is 49.7. The molecule has 19 heavy (non-hydrogen) atoms. The van der Waals surface area contributed by atoms with E-state index in [1.54, 1.807) is 0 Å². The quantitative estimate of drug-likeness (QED) is 0.475. The SMILES string of the molecule is CC(CCl)S(=O)(=O)c1ccc([N+](=O)[O-])cc1C(F)F. The zero-order valence-electron chi connectivity index (χ0n) is 9.72. The lowest BCUT2D eigenvalue weighted by molar-refractivity contribution is -0.385. The molecule has 0 amide bonds. The van der Waals surface area contributed by atoms with Gasteiger partial charge < -0.3 is 0 Å². The Hall–Kier alpha value is -1.28. The molecular formula is C10H10ClF2NO4S. The van der Waals surface area contributed by atoms with Crippen molar-refractivity contribution in [3.8, 4) is 0 Å². The van der Waals surface area contributed by atoms with Gasteiger partial charge in [-0.25, -0.2) is 17.2 Å². The van der Waals surface area contributed by atoms with Crippen molar-refractivity contribution < 1.29 is 22.1 Å². The van der Waals surface area contributed by atoms with Crippen molar-refractivity contribution in [2.45, 2.75) is 23.5 Å². The molecule has 1 unspecified atom stereocenters. The van der Waals surface area contributed by atoms with Gasteiger partial charge in [0.05, 0.1) is 15.1 Å².